The molecule has 15 nitrogen and oxygen atoms in total. The number of likely N-dealkylation sites (tertiary alicyclic amines) is 1. The highest BCUT2D eigenvalue weighted by Crippen LogP contribution is 2.34. The van der Waals surface area contributed by atoms with E-state index in [9.17, 15) is 37.5 Å². The topological polar surface area (TPSA) is 224 Å². The lowest BCUT2D eigenvalue weighted by atomic mass is 9.84. The van der Waals surface area contributed by atoms with Crippen LogP contribution in [0.4, 0.5) is 0 Å². The van der Waals surface area contributed by atoms with E-state index in [1.54, 1.807) is 38.1 Å². The van der Waals surface area contributed by atoms with Crippen LogP contribution in [0.3, 0.4) is 0 Å². The monoisotopic (exact) mass is 777 g/mol. The summed E-state index contributed by atoms with van der Waals surface area (Å²) in [5, 5.41) is 24.5. The fourth-order valence-electron chi connectivity index (χ4n) is 7.31. The molecule has 0 bridgehead atoms. The van der Waals surface area contributed by atoms with Crippen LogP contribution in [0.25, 0.3) is 0 Å². The number of nitrogens with two attached hydrogens (primary N) is 1. The molecule has 272 valence electrons. The number of ketones is 1. The van der Waals surface area contributed by atoms with Crippen molar-refractivity contribution < 1.29 is 37.5 Å². The van der Waals surface area contributed by atoms with Gasteiger partial charge in [-0.2, -0.15) is 0 Å². The van der Waals surface area contributed by atoms with Crippen LogP contribution >= 0.6 is 15.9 Å². The van der Waals surface area contributed by atoms with Gasteiger partial charge in [-0.3, -0.25) is 24.0 Å². The van der Waals surface area contributed by atoms with Crippen molar-refractivity contribution in [2.75, 3.05) is 18.1 Å². The summed E-state index contributed by atoms with van der Waals surface area (Å²) in [7, 11) is -3.52. The number of benzene rings is 1. The number of nitrogens with one attached hydrogen (secondary N) is 2. The molecular formula is C33H44BrN7O8S. The molecule has 1 unspecified atom stereocenters. The number of rotatable bonds is 11. The molecule has 1 aromatic carbocycles. The summed E-state index contributed by atoms with van der Waals surface area (Å²) in [4.78, 5) is 69.0. The number of hydrogen-bond donors (Lipinski definition) is 4. The van der Waals surface area contributed by atoms with Crippen molar-refractivity contribution in [3.05, 3.63) is 46.2 Å². The van der Waals surface area contributed by atoms with E-state index in [4.69, 9.17) is 5.73 Å². The second kappa shape index (κ2) is 14.9. The minimum atomic E-state index is -3.52. The molecule has 1 saturated carbocycles. The maximum absolute atomic E-state index is 14.7. The van der Waals surface area contributed by atoms with Gasteiger partial charge in [-0.1, -0.05) is 53.2 Å². The van der Waals surface area contributed by atoms with E-state index in [1.165, 1.54) is 15.8 Å². The Bertz CT molecular complexity index is 1720. The van der Waals surface area contributed by atoms with E-state index < -0.39 is 80.0 Å². The van der Waals surface area contributed by atoms with Crippen molar-refractivity contribution >= 4 is 55.2 Å². The van der Waals surface area contributed by atoms with Gasteiger partial charge in [-0.05, 0) is 63.3 Å². The second-order valence-electron chi connectivity index (χ2n) is 14.2. The third-order valence-corrected chi connectivity index (χ3v) is 12.3. The van der Waals surface area contributed by atoms with Gasteiger partial charge in [0.1, 0.15) is 23.2 Å². The lowest BCUT2D eigenvalue weighted by Crippen LogP contribution is -2.64. The number of Topliss-reactive ketones (excluding diaryl/α,β-unsaturated/α-hetero) is 1. The first-order valence-corrected chi connectivity index (χ1v) is 19.5. The fourth-order valence-corrected chi connectivity index (χ4v) is 9.09. The number of halogens is 1. The molecule has 3 fully saturated rings. The van der Waals surface area contributed by atoms with Crippen LogP contribution in [0.2, 0.25) is 0 Å². The number of aliphatic hydroxyl groups is 1. The molecule has 2 saturated heterocycles. The van der Waals surface area contributed by atoms with Gasteiger partial charge >= 0.3 is 0 Å². The maximum Gasteiger partial charge on any atom is 0.287 e. The van der Waals surface area contributed by atoms with E-state index in [0.29, 0.717) is 17.7 Å². The number of hydrogen-bond acceptors (Lipinski definition) is 10. The highest BCUT2D eigenvalue weighted by molar-refractivity contribution is 9.10. The van der Waals surface area contributed by atoms with Crippen molar-refractivity contribution in [1.29, 1.82) is 0 Å². The summed E-state index contributed by atoms with van der Waals surface area (Å²) in [5.74, 6) is -4.92. The predicted molar refractivity (Wildman–Crippen MR) is 184 cm³/mol. The number of carbonyl (C=O) groups excluding carboxylic acids is 5. The number of carbonyl (C=O) groups is 5. The van der Waals surface area contributed by atoms with Gasteiger partial charge < -0.3 is 26.4 Å². The summed E-state index contributed by atoms with van der Waals surface area (Å²) in [6, 6.07) is 3.82. The summed E-state index contributed by atoms with van der Waals surface area (Å²) >= 11 is 3.37. The molecular weight excluding hydrogens is 734 g/mol. The first-order valence-electron chi connectivity index (χ1n) is 16.9. The predicted octanol–water partition coefficient (Wildman–Crippen LogP) is 1.30. The lowest BCUT2D eigenvalue weighted by Gasteiger charge is -2.37. The van der Waals surface area contributed by atoms with Gasteiger partial charge in [0.2, 0.25) is 17.6 Å². The third kappa shape index (κ3) is 8.42. The van der Waals surface area contributed by atoms with Crippen molar-refractivity contribution in [2.24, 2.45) is 11.7 Å². The van der Waals surface area contributed by atoms with Crippen LogP contribution in [0.5, 0.6) is 0 Å². The third-order valence-electron chi connectivity index (χ3n) is 10.1. The SMILES string of the molecule is CC(C)(O)c1cnnn1[C@H]1C[C@@H](C(=O)NC2(C(=O)C(N)=O)CCS(=O)(=O)CC2)N(C(=O)C(CC2CCCCC2)NC(=O)c2ccc(Br)cc2)C1. The molecule has 2 aromatic rings. The van der Waals surface area contributed by atoms with E-state index in [0.717, 1.165) is 36.6 Å². The highest BCUT2D eigenvalue weighted by atomic mass is 79.9. The van der Waals surface area contributed by atoms with Gasteiger partial charge in [0.15, 0.2) is 9.84 Å². The summed E-state index contributed by atoms with van der Waals surface area (Å²) < 4.78 is 26.8. The Morgan fingerprint density at radius 3 is 2.32 bits per heavy atom. The van der Waals surface area contributed by atoms with Crippen LogP contribution in [0.15, 0.2) is 34.9 Å². The average Bonchev–Trinajstić information content (AvgIpc) is 3.74. The smallest absolute Gasteiger partial charge is 0.287 e. The minimum absolute atomic E-state index is 0.0139. The Morgan fingerprint density at radius 1 is 1.08 bits per heavy atom. The fraction of sp³-hybridized carbons (Fsp3) is 0.606. The number of aromatic nitrogens is 3. The molecule has 17 heteroatoms. The van der Waals surface area contributed by atoms with Gasteiger partial charge in [0.05, 0.1) is 29.4 Å². The summed E-state index contributed by atoms with van der Waals surface area (Å²) in [5.41, 5.74) is 2.81. The molecule has 2 aliphatic heterocycles. The molecule has 1 aromatic heterocycles. The van der Waals surface area contributed by atoms with Crippen molar-refractivity contribution in [3.8, 4) is 0 Å². The van der Waals surface area contributed by atoms with Crippen molar-refractivity contribution in [3.63, 3.8) is 0 Å². The van der Waals surface area contributed by atoms with E-state index in [-0.39, 0.29) is 31.7 Å². The number of amides is 4. The first kappa shape index (κ1) is 37.6. The highest BCUT2D eigenvalue weighted by Gasteiger charge is 2.50. The zero-order chi connectivity index (χ0) is 36.4. The van der Waals surface area contributed by atoms with Crippen LogP contribution in [0, 0.1) is 5.92 Å². The van der Waals surface area contributed by atoms with Crippen LogP contribution in [-0.2, 0) is 34.6 Å². The van der Waals surface area contributed by atoms with Gasteiger partial charge in [0.25, 0.3) is 11.8 Å². The molecule has 3 heterocycles. The van der Waals surface area contributed by atoms with Crippen molar-refractivity contribution in [1.82, 2.24) is 30.5 Å². The van der Waals surface area contributed by atoms with Crippen LogP contribution in [0.1, 0.15) is 93.7 Å². The van der Waals surface area contributed by atoms with E-state index in [2.05, 4.69) is 36.9 Å². The average molecular weight is 779 g/mol. The Hall–Kier alpha value is -3.70. The molecule has 1 aliphatic carbocycles. The number of primary amides is 1. The van der Waals surface area contributed by atoms with Gasteiger partial charge in [-0.25, -0.2) is 13.1 Å². The lowest BCUT2D eigenvalue weighted by molar-refractivity contribution is -0.145. The quantitative estimate of drug-likeness (QED) is 0.239. The molecule has 50 heavy (non-hydrogen) atoms. The Labute approximate surface area is 299 Å². The standard InChI is InChI=1S/C33H44BrN7O8S/c1-32(2,47)26-18-36-39-41(26)23-17-25(30(45)38-33(27(42)28(35)43)12-14-50(48,49)15-13-33)40(19-23)31(46)24(16-20-6-4-3-5-7-20)37-29(44)21-8-10-22(34)11-9-21/h8-11,18,20,23-25,47H,3-7,12-17,19H2,1-2H3,(H2,35,43)(H,37,44)(H,38,45)/t23-,24?,25-/m0/s1. The minimum Gasteiger partial charge on any atom is -0.384 e. The first-order chi connectivity index (χ1) is 23.5. The van der Waals surface area contributed by atoms with E-state index >= 15 is 0 Å². The normalized spacial score (nSPS) is 22.8. The largest absolute Gasteiger partial charge is 0.384 e. The molecule has 3 atom stereocenters. The Kier molecular flexibility index (Phi) is 11.2. The number of sulfone groups is 1. The summed E-state index contributed by atoms with van der Waals surface area (Å²) in [6.07, 6.45) is 5.88. The van der Waals surface area contributed by atoms with E-state index in [1.807, 2.05) is 0 Å². The zero-order valence-corrected chi connectivity index (χ0v) is 30.5. The summed E-state index contributed by atoms with van der Waals surface area (Å²) in [6.45, 7) is 3.06. The number of nitrogens with zero attached hydrogens (tertiary/aromatic N) is 4. The Morgan fingerprint density at radius 2 is 1.72 bits per heavy atom. The Balaban J connectivity index is 1.49. The van der Waals surface area contributed by atoms with Crippen molar-refractivity contribution in [2.45, 2.75) is 101 Å². The molecule has 5 rings (SSSR count). The van der Waals surface area contributed by atoms with Crippen LogP contribution in [-0.4, -0.2) is 98.5 Å². The van der Waals surface area contributed by atoms with Crippen LogP contribution < -0.4 is 16.4 Å². The molecule has 5 N–H and O–H groups in total. The maximum atomic E-state index is 14.7. The second-order valence-corrected chi connectivity index (χ2v) is 17.4. The molecule has 4 amide bonds. The molecule has 3 aliphatic rings. The molecule has 0 radical (unpaired) electrons. The zero-order valence-electron chi connectivity index (χ0n) is 28.1. The van der Waals surface area contributed by atoms with Gasteiger partial charge in [0, 0.05) is 23.0 Å². The van der Waals surface area contributed by atoms with Gasteiger partial charge in [-0.15, -0.1) is 5.10 Å². The molecule has 0 spiro atoms.